The number of aromatic nitrogens is 5. The van der Waals surface area contributed by atoms with Crippen LogP contribution < -0.4 is 16.3 Å². The Kier molecular flexibility index (Phi) is 9.58. The van der Waals surface area contributed by atoms with E-state index >= 15 is 4.39 Å². The molecule has 1 unspecified atom stereocenters. The first-order valence-electron chi connectivity index (χ1n) is 18.5. The van der Waals surface area contributed by atoms with E-state index < -0.39 is 36.1 Å². The summed E-state index contributed by atoms with van der Waals surface area (Å²) in [6.45, 7) is 1.86. The molecular formula is C39H41F3N8O4. The Bertz CT molecular complexity index is 2310. The number of piperidine rings is 2. The van der Waals surface area contributed by atoms with Crippen LogP contribution in [0.2, 0.25) is 0 Å². The number of amides is 3. The van der Waals surface area contributed by atoms with Crippen LogP contribution in [-0.2, 0) is 16.6 Å². The molecule has 0 bridgehead atoms. The highest BCUT2D eigenvalue weighted by molar-refractivity contribution is 6.04. The number of aryl methyl sites for hydroxylation is 1. The lowest BCUT2D eigenvalue weighted by atomic mass is 9.83. The number of pyridine rings is 1. The minimum absolute atomic E-state index is 0.0864. The number of hydrogen-bond acceptors (Lipinski definition) is 7. The van der Waals surface area contributed by atoms with Gasteiger partial charge in [-0.3, -0.25) is 33.5 Å². The third-order valence-electron chi connectivity index (χ3n) is 11.4. The molecule has 3 aromatic heterocycles. The van der Waals surface area contributed by atoms with Crippen LogP contribution in [0.5, 0.6) is 0 Å². The number of halogens is 3. The Morgan fingerprint density at radius 3 is 2.56 bits per heavy atom. The van der Waals surface area contributed by atoms with Gasteiger partial charge in [-0.2, -0.15) is 5.10 Å². The molecule has 2 saturated heterocycles. The predicted octanol–water partition coefficient (Wildman–Crippen LogP) is 5.81. The van der Waals surface area contributed by atoms with Gasteiger partial charge in [0, 0.05) is 49.7 Å². The maximum atomic E-state index is 16.1. The van der Waals surface area contributed by atoms with Crippen LogP contribution in [-0.4, -0.2) is 72.3 Å². The van der Waals surface area contributed by atoms with Crippen molar-refractivity contribution < 1.29 is 27.6 Å². The Labute approximate surface area is 308 Å². The number of carbonyl (C=O) groups is 3. The van der Waals surface area contributed by atoms with Crippen LogP contribution in [0.15, 0.2) is 65.6 Å². The summed E-state index contributed by atoms with van der Waals surface area (Å²) in [5.74, 6) is -1.37. The highest BCUT2D eigenvalue weighted by Crippen LogP contribution is 2.38. The van der Waals surface area contributed by atoms with Crippen LogP contribution in [0.3, 0.4) is 0 Å². The third-order valence-corrected chi connectivity index (χ3v) is 11.4. The van der Waals surface area contributed by atoms with Crippen LogP contribution in [0.25, 0.3) is 21.9 Å². The van der Waals surface area contributed by atoms with Crippen molar-refractivity contribution in [1.29, 1.82) is 0 Å². The number of rotatable bonds is 8. The molecule has 1 saturated carbocycles. The van der Waals surface area contributed by atoms with Gasteiger partial charge in [0.25, 0.3) is 12.3 Å². The number of carbonyl (C=O) groups excluding carboxylic acids is 3. The van der Waals surface area contributed by atoms with Gasteiger partial charge in [-0.05, 0) is 92.9 Å². The minimum Gasteiger partial charge on any atom is -0.321 e. The maximum Gasteiger partial charge on any atom is 0.329 e. The average molecular weight is 743 g/mol. The molecule has 3 fully saturated rings. The Morgan fingerprint density at radius 2 is 1.80 bits per heavy atom. The summed E-state index contributed by atoms with van der Waals surface area (Å²) in [5, 5.41) is 10.7. The normalized spacial score (nSPS) is 24.0. The summed E-state index contributed by atoms with van der Waals surface area (Å²) in [7, 11) is 1.65. The van der Waals surface area contributed by atoms with Gasteiger partial charge in [0.2, 0.25) is 11.8 Å². The molecule has 54 heavy (non-hydrogen) atoms. The second-order valence-electron chi connectivity index (χ2n) is 14.8. The molecule has 5 aromatic rings. The first-order chi connectivity index (χ1) is 26.0. The zero-order valence-corrected chi connectivity index (χ0v) is 29.8. The van der Waals surface area contributed by atoms with Crippen molar-refractivity contribution in [3.05, 3.63) is 88.2 Å². The molecule has 282 valence electrons. The van der Waals surface area contributed by atoms with Crippen molar-refractivity contribution in [3.8, 4) is 0 Å². The van der Waals surface area contributed by atoms with E-state index in [-0.39, 0.29) is 42.1 Å². The predicted molar refractivity (Wildman–Crippen MR) is 195 cm³/mol. The topological polar surface area (TPSA) is 136 Å². The van der Waals surface area contributed by atoms with E-state index in [1.807, 2.05) is 35.1 Å². The van der Waals surface area contributed by atoms with E-state index in [0.29, 0.717) is 35.6 Å². The van der Waals surface area contributed by atoms with Crippen LogP contribution in [0.4, 0.5) is 18.9 Å². The molecule has 2 aliphatic heterocycles. The maximum absolute atomic E-state index is 16.1. The lowest BCUT2D eigenvalue weighted by Gasteiger charge is -2.38. The third kappa shape index (κ3) is 6.80. The number of likely N-dealkylation sites (tertiary alicyclic amines) is 1. The summed E-state index contributed by atoms with van der Waals surface area (Å²) in [4.78, 5) is 56.5. The van der Waals surface area contributed by atoms with Crippen molar-refractivity contribution in [2.75, 3.05) is 25.0 Å². The van der Waals surface area contributed by atoms with Crippen molar-refractivity contribution in [2.45, 2.75) is 75.5 Å². The number of para-hydroxylation sites is 1. The van der Waals surface area contributed by atoms with E-state index in [0.717, 1.165) is 55.2 Å². The Morgan fingerprint density at radius 1 is 1.00 bits per heavy atom. The molecule has 0 radical (unpaired) electrons. The van der Waals surface area contributed by atoms with Crippen LogP contribution >= 0.6 is 0 Å². The molecule has 15 heteroatoms. The number of benzene rings is 2. The summed E-state index contributed by atoms with van der Waals surface area (Å²) in [6.07, 6.45) is 2.92. The Balaban J connectivity index is 0.874. The van der Waals surface area contributed by atoms with Crippen LogP contribution in [0, 0.1) is 5.92 Å². The molecule has 5 heterocycles. The summed E-state index contributed by atoms with van der Waals surface area (Å²) in [5.41, 5.74) is 2.38. The average Bonchev–Trinajstić information content (AvgIpc) is 3.70. The van der Waals surface area contributed by atoms with Gasteiger partial charge < -0.3 is 10.2 Å². The Hall–Kier alpha value is -5.31. The van der Waals surface area contributed by atoms with E-state index in [1.54, 1.807) is 19.2 Å². The number of fused-ring (bicyclic) bond motifs is 2. The molecule has 2 aromatic carbocycles. The van der Waals surface area contributed by atoms with Gasteiger partial charge >= 0.3 is 5.69 Å². The number of hydrogen-bond donors (Lipinski definition) is 2. The monoisotopic (exact) mass is 742 g/mol. The fourth-order valence-electron chi connectivity index (χ4n) is 8.64. The van der Waals surface area contributed by atoms with E-state index in [2.05, 4.69) is 20.5 Å². The highest BCUT2D eigenvalue weighted by atomic mass is 19.3. The molecule has 0 spiro atoms. The lowest BCUT2D eigenvalue weighted by Crippen LogP contribution is -2.44. The number of nitrogens with one attached hydrogen (secondary N) is 2. The quantitative estimate of drug-likeness (QED) is 0.192. The van der Waals surface area contributed by atoms with Gasteiger partial charge in [0.05, 0.1) is 22.6 Å². The fourth-order valence-corrected chi connectivity index (χ4v) is 8.64. The second kappa shape index (κ2) is 14.5. The van der Waals surface area contributed by atoms with Gasteiger partial charge in [-0.1, -0.05) is 18.2 Å². The molecule has 2 N–H and O–H groups in total. The molecule has 3 aliphatic rings. The molecule has 8 rings (SSSR count). The lowest BCUT2D eigenvalue weighted by molar-refractivity contribution is -0.135. The van der Waals surface area contributed by atoms with Crippen molar-refractivity contribution in [1.82, 2.24) is 34.1 Å². The van der Waals surface area contributed by atoms with E-state index in [9.17, 15) is 28.0 Å². The first kappa shape index (κ1) is 35.7. The van der Waals surface area contributed by atoms with Gasteiger partial charge in [-0.25, -0.2) is 22.9 Å². The smallest absolute Gasteiger partial charge is 0.321 e. The molecule has 3 amide bonds. The van der Waals surface area contributed by atoms with Crippen LogP contribution in [0.1, 0.15) is 91.1 Å². The van der Waals surface area contributed by atoms with E-state index in [4.69, 9.17) is 5.10 Å². The standard InChI is InChI=1S/C39H41F3N8O4/c1-47-35-27(4-2-7-32(35)50(39(47)54)33-14-15-34(51)45-38(33)53)26-16-17-48(21-28(26)40)19-22-8-11-25(12-9-22)49-20-23-18-24(10-13-29(23)46-49)43-37(52)31-6-3-5-30(44-31)36(41)42/h2-7,10,13,18,20,22,25-26,28,33,36H,8-9,11-12,14-17,19,21H2,1H3,(H,43,52)(H,45,51,53)/t22-,25-,26-,28-,33?/m1/s1. The molecule has 3 atom stereocenters. The molecule has 1 aliphatic carbocycles. The molecular weight excluding hydrogens is 701 g/mol. The largest absolute Gasteiger partial charge is 0.329 e. The fraction of sp³-hybridized carbons (Fsp3) is 0.436. The van der Waals surface area contributed by atoms with Gasteiger partial charge in [-0.15, -0.1) is 0 Å². The minimum atomic E-state index is -2.77. The second-order valence-corrected chi connectivity index (χ2v) is 14.8. The summed E-state index contributed by atoms with van der Waals surface area (Å²) in [6, 6.07) is 14.2. The summed E-state index contributed by atoms with van der Waals surface area (Å²) >= 11 is 0. The number of imidazole rings is 1. The SMILES string of the molecule is Cn1c(=O)n(C2CCC(=O)NC2=O)c2cccc([C@H]3CCN(C[C@H]4CC[C@H](n5cc6cc(NC(=O)c7cccc(C(F)F)n7)ccc6n5)CC4)C[C@H]3F)c21. The first-order valence-corrected chi connectivity index (χ1v) is 18.5. The van der Waals surface area contributed by atoms with Gasteiger partial charge in [0.1, 0.15) is 23.6 Å². The number of nitrogens with zero attached hydrogens (tertiary/aromatic N) is 6. The zero-order valence-electron chi connectivity index (χ0n) is 29.8. The van der Waals surface area contributed by atoms with E-state index in [1.165, 1.54) is 27.3 Å². The number of imide groups is 1. The molecule has 12 nitrogen and oxygen atoms in total. The van der Waals surface area contributed by atoms with Gasteiger partial charge in [0.15, 0.2) is 0 Å². The van der Waals surface area contributed by atoms with Crippen molar-refractivity contribution in [3.63, 3.8) is 0 Å². The zero-order chi connectivity index (χ0) is 37.7. The van der Waals surface area contributed by atoms with Crippen molar-refractivity contribution in [2.24, 2.45) is 13.0 Å². The number of anilines is 1. The number of alkyl halides is 3. The highest BCUT2D eigenvalue weighted by Gasteiger charge is 2.36. The summed E-state index contributed by atoms with van der Waals surface area (Å²) < 4.78 is 47.1. The van der Waals surface area contributed by atoms with Crippen molar-refractivity contribution >= 4 is 45.3 Å².